The zero-order chi connectivity index (χ0) is 12.8. The summed E-state index contributed by atoms with van der Waals surface area (Å²) in [7, 11) is 1.70. The van der Waals surface area contributed by atoms with Crippen molar-refractivity contribution >= 4 is 28.2 Å². The van der Waals surface area contributed by atoms with Crippen LogP contribution in [0.15, 0.2) is 11.4 Å². The van der Waals surface area contributed by atoms with Gasteiger partial charge in [0, 0.05) is 0 Å². The number of rotatable bonds is 5. The molecule has 0 saturated carbocycles. The summed E-state index contributed by atoms with van der Waals surface area (Å²) in [4.78, 5) is 23.2. The zero-order valence-corrected chi connectivity index (χ0v) is 10.9. The monoisotopic (exact) mass is 256 g/mol. The van der Waals surface area contributed by atoms with Crippen molar-refractivity contribution in [1.29, 1.82) is 0 Å². The molecule has 6 heteroatoms. The predicted molar refractivity (Wildman–Crippen MR) is 67.4 cm³/mol. The van der Waals surface area contributed by atoms with Gasteiger partial charge in [-0.2, -0.15) is 0 Å². The first-order valence-electron chi connectivity index (χ1n) is 5.32. The maximum Gasteiger partial charge on any atom is 0.341 e. The van der Waals surface area contributed by atoms with Crippen LogP contribution < -0.4 is 10.6 Å². The summed E-state index contributed by atoms with van der Waals surface area (Å²) < 4.78 is 4.90. The normalized spacial score (nSPS) is 11.9. The van der Waals surface area contributed by atoms with E-state index < -0.39 is 5.97 Å². The van der Waals surface area contributed by atoms with Crippen molar-refractivity contribution in [1.82, 2.24) is 5.32 Å². The highest BCUT2D eigenvalue weighted by molar-refractivity contribution is 7.14. The molecule has 1 aromatic heterocycles. The van der Waals surface area contributed by atoms with Gasteiger partial charge in [0.05, 0.1) is 18.2 Å². The first-order chi connectivity index (χ1) is 8.10. The van der Waals surface area contributed by atoms with Crippen molar-refractivity contribution in [2.45, 2.75) is 19.9 Å². The van der Waals surface area contributed by atoms with Crippen molar-refractivity contribution in [3.8, 4) is 0 Å². The molecule has 1 rings (SSSR count). The first-order valence-corrected chi connectivity index (χ1v) is 6.20. The molecule has 0 spiro atoms. The van der Waals surface area contributed by atoms with Gasteiger partial charge < -0.3 is 15.4 Å². The average molecular weight is 256 g/mol. The van der Waals surface area contributed by atoms with Crippen LogP contribution in [0, 0.1) is 0 Å². The summed E-state index contributed by atoms with van der Waals surface area (Å²) in [6.07, 6.45) is 0. The van der Waals surface area contributed by atoms with E-state index in [4.69, 9.17) is 4.74 Å². The third-order valence-electron chi connectivity index (χ3n) is 2.22. The van der Waals surface area contributed by atoms with Crippen LogP contribution in [0.5, 0.6) is 0 Å². The van der Waals surface area contributed by atoms with Crippen molar-refractivity contribution in [2.75, 3.05) is 19.0 Å². The van der Waals surface area contributed by atoms with Crippen LogP contribution >= 0.6 is 11.3 Å². The largest absolute Gasteiger partial charge is 0.462 e. The van der Waals surface area contributed by atoms with Gasteiger partial charge in [0.1, 0.15) is 5.00 Å². The highest BCUT2D eigenvalue weighted by Gasteiger charge is 2.18. The lowest BCUT2D eigenvalue weighted by Crippen LogP contribution is -2.35. The molecular formula is C11H16N2O3S. The Kier molecular flexibility index (Phi) is 5.11. The Labute approximate surface area is 104 Å². The number of hydrogen-bond donors (Lipinski definition) is 2. The molecule has 0 aromatic carbocycles. The Bertz CT molecular complexity index is 403. The van der Waals surface area contributed by atoms with Crippen molar-refractivity contribution < 1.29 is 14.3 Å². The number of thiophene rings is 1. The summed E-state index contributed by atoms with van der Waals surface area (Å²) in [5, 5.41) is 7.79. The molecule has 17 heavy (non-hydrogen) atoms. The van der Waals surface area contributed by atoms with Crippen molar-refractivity contribution in [3.63, 3.8) is 0 Å². The SMILES string of the molecule is CCOC(=O)c1ccsc1NC(=O)C(C)NC. The Morgan fingerprint density at radius 1 is 1.53 bits per heavy atom. The summed E-state index contributed by atoms with van der Waals surface area (Å²) in [6.45, 7) is 3.80. The van der Waals surface area contributed by atoms with Crippen LogP contribution in [0.1, 0.15) is 24.2 Å². The molecule has 1 heterocycles. The number of anilines is 1. The van der Waals surface area contributed by atoms with Crippen LogP contribution in [0.2, 0.25) is 0 Å². The molecule has 0 bridgehead atoms. The van der Waals surface area contributed by atoms with Gasteiger partial charge in [-0.05, 0) is 32.3 Å². The van der Waals surface area contributed by atoms with Crippen LogP contribution in [0.25, 0.3) is 0 Å². The lowest BCUT2D eigenvalue weighted by molar-refractivity contribution is -0.117. The number of likely N-dealkylation sites (N-methyl/N-ethyl adjacent to an activating group) is 1. The fraction of sp³-hybridized carbons (Fsp3) is 0.455. The lowest BCUT2D eigenvalue weighted by Gasteiger charge is -2.10. The van der Waals surface area contributed by atoms with Gasteiger partial charge in [0.15, 0.2) is 0 Å². The smallest absolute Gasteiger partial charge is 0.341 e. The second-order valence-corrected chi connectivity index (χ2v) is 4.30. The van der Waals surface area contributed by atoms with Gasteiger partial charge in [-0.3, -0.25) is 4.79 Å². The minimum atomic E-state index is -0.416. The summed E-state index contributed by atoms with van der Waals surface area (Å²) in [5.41, 5.74) is 0.397. The molecule has 0 aliphatic rings. The molecule has 0 aliphatic heterocycles. The molecule has 94 valence electrons. The van der Waals surface area contributed by atoms with Gasteiger partial charge in [-0.15, -0.1) is 11.3 Å². The second-order valence-electron chi connectivity index (χ2n) is 3.38. The Morgan fingerprint density at radius 3 is 2.82 bits per heavy atom. The maximum atomic E-state index is 11.7. The Hall–Kier alpha value is -1.40. The van der Waals surface area contributed by atoms with E-state index in [0.29, 0.717) is 17.2 Å². The van der Waals surface area contributed by atoms with Gasteiger partial charge in [0.2, 0.25) is 5.91 Å². The van der Waals surface area contributed by atoms with Gasteiger partial charge >= 0.3 is 5.97 Å². The zero-order valence-electron chi connectivity index (χ0n) is 10.1. The van der Waals surface area contributed by atoms with E-state index in [1.807, 2.05) is 0 Å². The van der Waals surface area contributed by atoms with Gasteiger partial charge in [-0.1, -0.05) is 0 Å². The highest BCUT2D eigenvalue weighted by Crippen LogP contribution is 2.24. The van der Waals surface area contributed by atoms with E-state index in [0.717, 1.165) is 0 Å². The third kappa shape index (κ3) is 3.54. The van der Waals surface area contributed by atoms with Crippen molar-refractivity contribution in [2.24, 2.45) is 0 Å². The lowest BCUT2D eigenvalue weighted by atomic mass is 10.3. The number of hydrogen-bond acceptors (Lipinski definition) is 5. The van der Waals surface area contributed by atoms with E-state index in [9.17, 15) is 9.59 Å². The maximum absolute atomic E-state index is 11.7. The third-order valence-corrected chi connectivity index (χ3v) is 3.05. The Balaban J connectivity index is 2.75. The van der Waals surface area contributed by atoms with Crippen molar-refractivity contribution in [3.05, 3.63) is 17.0 Å². The molecule has 0 aliphatic carbocycles. The minimum absolute atomic E-state index is 0.180. The molecular weight excluding hydrogens is 240 g/mol. The molecule has 1 atom stereocenters. The minimum Gasteiger partial charge on any atom is -0.462 e. The summed E-state index contributed by atoms with van der Waals surface area (Å²) in [6, 6.07) is 1.33. The number of ether oxygens (including phenoxy) is 1. The molecule has 1 amide bonds. The van der Waals surface area contributed by atoms with E-state index in [1.54, 1.807) is 32.3 Å². The number of nitrogens with one attached hydrogen (secondary N) is 2. The predicted octanol–water partition coefficient (Wildman–Crippen LogP) is 1.47. The van der Waals surface area contributed by atoms with Crippen LogP contribution in [-0.4, -0.2) is 31.6 Å². The van der Waals surface area contributed by atoms with Crippen LogP contribution in [-0.2, 0) is 9.53 Å². The van der Waals surface area contributed by atoms with Gasteiger partial charge in [0.25, 0.3) is 0 Å². The summed E-state index contributed by atoms with van der Waals surface area (Å²) in [5.74, 6) is -0.596. The molecule has 0 radical (unpaired) electrons. The number of carbonyl (C=O) groups excluding carboxylic acids is 2. The number of carbonyl (C=O) groups is 2. The fourth-order valence-electron chi connectivity index (χ4n) is 1.13. The van der Waals surface area contributed by atoms with Crippen LogP contribution in [0.4, 0.5) is 5.00 Å². The van der Waals surface area contributed by atoms with E-state index in [2.05, 4.69) is 10.6 Å². The number of amides is 1. The van der Waals surface area contributed by atoms with E-state index in [-0.39, 0.29) is 11.9 Å². The molecule has 5 nitrogen and oxygen atoms in total. The number of esters is 1. The quantitative estimate of drug-likeness (QED) is 0.783. The van der Waals surface area contributed by atoms with E-state index in [1.165, 1.54) is 11.3 Å². The van der Waals surface area contributed by atoms with E-state index >= 15 is 0 Å². The topological polar surface area (TPSA) is 67.4 Å². The molecule has 1 unspecified atom stereocenters. The summed E-state index contributed by atoms with van der Waals surface area (Å²) >= 11 is 1.30. The second kappa shape index (κ2) is 6.36. The van der Waals surface area contributed by atoms with Crippen LogP contribution in [0.3, 0.4) is 0 Å². The Morgan fingerprint density at radius 2 is 2.24 bits per heavy atom. The molecule has 1 aromatic rings. The highest BCUT2D eigenvalue weighted by atomic mass is 32.1. The molecule has 2 N–H and O–H groups in total. The molecule has 0 saturated heterocycles. The fourth-order valence-corrected chi connectivity index (χ4v) is 1.90. The van der Waals surface area contributed by atoms with Gasteiger partial charge in [-0.25, -0.2) is 4.79 Å². The molecule has 0 fully saturated rings. The first kappa shape index (κ1) is 13.7. The standard InChI is InChI=1S/C11H16N2O3S/c1-4-16-11(15)8-5-6-17-10(8)13-9(14)7(2)12-3/h5-7,12H,4H2,1-3H3,(H,13,14). The average Bonchev–Trinajstić information content (AvgIpc) is 2.76.